The van der Waals surface area contributed by atoms with Crippen molar-refractivity contribution in [2.45, 2.75) is 104 Å². The summed E-state index contributed by atoms with van der Waals surface area (Å²) in [5.74, 6) is 0.00326. The molecule has 52 heavy (non-hydrogen) atoms. The van der Waals surface area contributed by atoms with Crippen LogP contribution in [0, 0.1) is 0 Å². The Kier molecular flexibility index (Phi) is 15.4. The minimum absolute atomic E-state index is 0.0865. The van der Waals surface area contributed by atoms with Crippen molar-refractivity contribution in [3.63, 3.8) is 0 Å². The molecule has 0 bridgehead atoms. The third kappa shape index (κ3) is 13.6. The zero-order chi connectivity index (χ0) is 38.7. The topological polar surface area (TPSA) is 110 Å². The number of aliphatic imine (C=N–C) groups is 1. The number of amidine groups is 1. The SMILES string of the molecule is CCCN(CCCO[Si](C)(C)C(C)(C)C)C(=O)C1=Cc2ccc(-c3ccc(CC(=O)OCCCN(C)C)cc3)cc2N=C(NC(=O)OC(C)(C)C)C1. The van der Waals surface area contributed by atoms with Crippen LogP contribution in [-0.2, 0) is 29.9 Å². The summed E-state index contributed by atoms with van der Waals surface area (Å²) in [7, 11) is 2.09. The molecule has 1 aliphatic rings. The van der Waals surface area contributed by atoms with E-state index in [-0.39, 0.29) is 29.8 Å². The highest BCUT2D eigenvalue weighted by Gasteiger charge is 2.37. The lowest BCUT2D eigenvalue weighted by atomic mass is 9.99. The molecule has 0 fully saturated rings. The van der Waals surface area contributed by atoms with E-state index in [0.717, 1.165) is 48.1 Å². The molecule has 0 aliphatic carbocycles. The van der Waals surface area contributed by atoms with Crippen molar-refractivity contribution in [2.75, 3.05) is 46.9 Å². The number of rotatable bonds is 15. The molecule has 0 saturated heterocycles. The Bertz CT molecular complexity index is 1590. The van der Waals surface area contributed by atoms with Gasteiger partial charge in [0.2, 0.25) is 5.91 Å². The van der Waals surface area contributed by atoms with Crippen LogP contribution in [0.5, 0.6) is 0 Å². The average molecular weight is 735 g/mol. The standard InChI is InChI=1S/C41H62N4O6Si/c1-12-21-45(23-14-25-50-52(10,11)41(5,6)7)38(47)34-27-33-20-19-32(28-35(33)42-36(29-34)43-39(48)51-40(2,3)4)31-17-15-30(16-18-31)26-37(46)49-24-13-22-44(8)9/h15-20,27-28H,12-14,21-26,29H2,1-11H3,(H,42,43,48). The van der Waals surface area contributed by atoms with Crippen LogP contribution in [0.4, 0.5) is 10.5 Å². The van der Waals surface area contributed by atoms with Crippen LogP contribution in [0.2, 0.25) is 18.1 Å². The van der Waals surface area contributed by atoms with Gasteiger partial charge in [-0.15, -0.1) is 0 Å². The molecule has 2 amide bonds. The van der Waals surface area contributed by atoms with E-state index in [2.05, 4.69) is 51.0 Å². The van der Waals surface area contributed by atoms with Crippen LogP contribution in [0.1, 0.15) is 85.3 Å². The summed E-state index contributed by atoms with van der Waals surface area (Å²) < 4.78 is 17.3. The molecule has 11 heteroatoms. The van der Waals surface area contributed by atoms with E-state index in [9.17, 15) is 14.4 Å². The van der Waals surface area contributed by atoms with Crippen LogP contribution in [-0.4, -0.2) is 94.5 Å². The highest BCUT2D eigenvalue weighted by atomic mass is 28.4. The average Bonchev–Trinajstić information content (AvgIpc) is 3.21. The normalized spacial score (nSPS) is 13.5. The molecule has 0 aromatic heterocycles. The molecular formula is C41H62N4O6Si. The third-order valence-corrected chi connectivity index (χ3v) is 13.7. The molecule has 286 valence electrons. The van der Waals surface area contributed by atoms with Gasteiger partial charge in [-0.2, -0.15) is 0 Å². The summed E-state index contributed by atoms with van der Waals surface area (Å²) in [5, 5.41) is 2.94. The van der Waals surface area contributed by atoms with Crippen molar-refractivity contribution in [2.24, 2.45) is 4.99 Å². The van der Waals surface area contributed by atoms with Gasteiger partial charge in [-0.25, -0.2) is 9.79 Å². The number of nitrogens with one attached hydrogen (secondary N) is 1. The molecule has 1 heterocycles. The quantitative estimate of drug-likeness (QED) is 0.111. The highest BCUT2D eigenvalue weighted by Crippen LogP contribution is 2.37. The zero-order valence-electron chi connectivity index (χ0n) is 33.5. The summed E-state index contributed by atoms with van der Waals surface area (Å²) in [6, 6.07) is 13.7. The van der Waals surface area contributed by atoms with Gasteiger partial charge in [-0.1, -0.05) is 64.1 Å². The summed E-state index contributed by atoms with van der Waals surface area (Å²) in [4.78, 5) is 48.2. The molecule has 1 N–H and O–H groups in total. The van der Waals surface area contributed by atoms with Crippen LogP contribution in [0.25, 0.3) is 17.2 Å². The minimum atomic E-state index is -1.89. The number of hydrogen-bond acceptors (Lipinski definition) is 8. The fourth-order valence-corrected chi connectivity index (χ4v) is 6.45. The van der Waals surface area contributed by atoms with Crippen LogP contribution in [0.3, 0.4) is 0 Å². The number of nitrogens with zero attached hydrogens (tertiary/aromatic N) is 3. The molecule has 2 aromatic carbocycles. The monoisotopic (exact) mass is 734 g/mol. The second kappa shape index (κ2) is 18.8. The van der Waals surface area contributed by atoms with E-state index in [1.165, 1.54) is 0 Å². The Hall–Kier alpha value is -3.80. The van der Waals surface area contributed by atoms with Gasteiger partial charge >= 0.3 is 12.1 Å². The van der Waals surface area contributed by atoms with Gasteiger partial charge in [0.05, 0.1) is 18.7 Å². The highest BCUT2D eigenvalue weighted by molar-refractivity contribution is 6.74. The van der Waals surface area contributed by atoms with Crippen molar-refractivity contribution >= 4 is 43.9 Å². The number of carbonyl (C=O) groups excluding carboxylic acids is 3. The molecule has 0 unspecified atom stereocenters. The smallest absolute Gasteiger partial charge is 0.413 e. The number of benzene rings is 2. The zero-order valence-corrected chi connectivity index (χ0v) is 34.5. The number of amides is 2. The molecule has 0 atom stereocenters. The molecule has 1 aliphatic heterocycles. The first-order valence-electron chi connectivity index (χ1n) is 18.5. The number of fused-ring (bicyclic) bond motifs is 1. The van der Waals surface area contributed by atoms with Crippen molar-refractivity contribution in [1.82, 2.24) is 15.1 Å². The van der Waals surface area contributed by atoms with Gasteiger partial charge in [0.15, 0.2) is 8.32 Å². The first-order valence-corrected chi connectivity index (χ1v) is 21.4. The van der Waals surface area contributed by atoms with E-state index >= 15 is 0 Å². The lowest BCUT2D eigenvalue weighted by Crippen LogP contribution is -2.42. The Morgan fingerprint density at radius 1 is 0.885 bits per heavy atom. The largest absolute Gasteiger partial charge is 0.465 e. The molecular weight excluding hydrogens is 673 g/mol. The lowest BCUT2D eigenvalue weighted by Gasteiger charge is -2.36. The van der Waals surface area contributed by atoms with Crippen LogP contribution >= 0.6 is 0 Å². The second-order valence-electron chi connectivity index (χ2n) is 16.3. The summed E-state index contributed by atoms with van der Waals surface area (Å²) in [5.41, 5.74) is 3.97. The number of esters is 1. The molecule has 2 aromatic rings. The second-order valence-corrected chi connectivity index (χ2v) is 21.1. The summed E-state index contributed by atoms with van der Waals surface area (Å²) in [6.45, 7) is 21.7. The molecule has 10 nitrogen and oxygen atoms in total. The van der Waals surface area contributed by atoms with Gasteiger partial charge in [-0.3, -0.25) is 14.9 Å². The van der Waals surface area contributed by atoms with Gasteiger partial charge in [0.25, 0.3) is 0 Å². The molecule has 3 rings (SSSR count). The van der Waals surface area contributed by atoms with Gasteiger partial charge in [0, 0.05) is 43.8 Å². The fourth-order valence-electron chi connectivity index (χ4n) is 5.36. The molecule has 0 saturated carbocycles. The number of carbonyl (C=O) groups is 3. The van der Waals surface area contributed by atoms with Crippen molar-refractivity contribution in [3.8, 4) is 11.1 Å². The summed E-state index contributed by atoms with van der Waals surface area (Å²) in [6.07, 6.45) is 3.95. The summed E-state index contributed by atoms with van der Waals surface area (Å²) >= 11 is 0. The van der Waals surface area contributed by atoms with E-state index < -0.39 is 20.0 Å². The predicted molar refractivity (Wildman–Crippen MR) is 213 cm³/mol. The van der Waals surface area contributed by atoms with Crippen molar-refractivity contribution in [3.05, 3.63) is 59.2 Å². The van der Waals surface area contributed by atoms with Crippen LogP contribution < -0.4 is 5.32 Å². The van der Waals surface area contributed by atoms with Gasteiger partial charge in [-0.05, 0) is 101 Å². The minimum Gasteiger partial charge on any atom is -0.465 e. The lowest BCUT2D eigenvalue weighted by molar-refractivity contribution is -0.143. The predicted octanol–water partition coefficient (Wildman–Crippen LogP) is 8.38. The van der Waals surface area contributed by atoms with Gasteiger partial charge in [0.1, 0.15) is 11.4 Å². The maximum atomic E-state index is 14.2. The number of alkyl carbamates (subject to hydrolysis) is 1. The Morgan fingerprint density at radius 3 is 2.15 bits per heavy atom. The molecule has 0 radical (unpaired) electrons. The maximum Gasteiger partial charge on any atom is 0.413 e. The first-order chi connectivity index (χ1) is 24.3. The van der Waals surface area contributed by atoms with Crippen molar-refractivity contribution < 1.29 is 28.3 Å². The number of ether oxygens (including phenoxy) is 2. The number of hydrogen-bond donors (Lipinski definition) is 1. The van der Waals surface area contributed by atoms with E-state index in [1.807, 2.05) is 67.5 Å². The van der Waals surface area contributed by atoms with E-state index in [1.54, 1.807) is 20.8 Å². The van der Waals surface area contributed by atoms with E-state index in [0.29, 0.717) is 43.4 Å². The Labute approximate surface area is 313 Å². The molecule has 0 spiro atoms. The van der Waals surface area contributed by atoms with Crippen molar-refractivity contribution in [1.29, 1.82) is 0 Å². The fraction of sp³-hybridized carbons (Fsp3) is 0.561. The first kappa shape index (κ1) is 42.6. The van der Waals surface area contributed by atoms with Crippen LogP contribution in [0.15, 0.2) is 53.0 Å². The van der Waals surface area contributed by atoms with Gasteiger partial charge < -0.3 is 23.7 Å². The Morgan fingerprint density at radius 2 is 1.54 bits per heavy atom. The maximum absolute atomic E-state index is 14.2. The third-order valence-electron chi connectivity index (χ3n) is 9.16. The Balaban J connectivity index is 1.85. The van der Waals surface area contributed by atoms with E-state index in [4.69, 9.17) is 18.9 Å².